The zero-order valence-corrected chi connectivity index (χ0v) is 14.9. The lowest BCUT2D eigenvalue weighted by Gasteiger charge is -1.99. The molecule has 0 bridgehead atoms. The van der Waals surface area contributed by atoms with E-state index in [1.165, 1.54) is 21.9 Å². The van der Waals surface area contributed by atoms with E-state index in [0.29, 0.717) is 20.7 Å². The van der Waals surface area contributed by atoms with E-state index in [0.717, 1.165) is 22.0 Å². The topological polar surface area (TPSA) is 63.0 Å². The fraction of sp³-hybridized carbons (Fsp3) is 0. The molecule has 0 unspecified atom stereocenters. The van der Waals surface area contributed by atoms with E-state index in [-0.39, 0.29) is 5.56 Å². The Hall–Kier alpha value is -2.96. The minimum Gasteiger partial charge on any atom is -0.360 e. The van der Waals surface area contributed by atoms with Gasteiger partial charge in [0.25, 0.3) is 5.56 Å². The molecule has 126 valence electrons. The van der Waals surface area contributed by atoms with Crippen molar-refractivity contribution < 1.29 is 0 Å². The van der Waals surface area contributed by atoms with Gasteiger partial charge in [-0.05, 0) is 18.2 Å². The molecule has 0 aliphatic heterocycles. The van der Waals surface area contributed by atoms with E-state index in [1.54, 1.807) is 0 Å². The molecule has 0 atom stereocenters. The van der Waals surface area contributed by atoms with Gasteiger partial charge in [0.15, 0.2) is 0 Å². The fourth-order valence-electron chi connectivity index (χ4n) is 2.95. The predicted octanol–water partition coefficient (Wildman–Crippen LogP) is 4.62. The highest BCUT2D eigenvalue weighted by Gasteiger charge is 2.14. The second-order valence-corrected chi connectivity index (χ2v) is 7.23. The lowest BCUT2D eigenvalue weighted by Crippen LogP contribution is -2.14. The van der Waals surface area contributed by atoms with Gasteiger partial charge in [-0.1, -0.05) is 53.3 Å². The van der Waals surface area contributed by atoms with Crippen molar-refractivity contribution in [3.8, 4) is 21.8 Å². The van der Waals surface area contributed by atoms with Gasteiger partial charge in [0.2, 0.25) is 4.96 Å². The van der Waals surface area contributed by atoms with Crippen molar-refractivity contribution in [3.63, 3.8) is 0 Å². The molecular weight excluding hydrogens is 368 g/mol. The normalized spacial score (nSPS) is 11.4. The summed E-state index contributed by atoms with van der Waals surface area (Å²) in [5, 5.41) is 6.80. The Morgan fingerprint density at radius 2 is 1.92 bits per heavy atom. The summed E-state index contributed by atoms with van der Waals surface area (Å²) in [6.07, 6.45) is 1.88. The van der Waals surface area contributed by atoms with E-state index < -0.39 is 0 Å². The highest BCUT2D eigenvalue weighted by molar-refractivity contribution is 7.19. The SMILES string of the molecule is O=c1cc(-c2ccccc2)nc2sc(-c3c[nH]c4ccc(Cl)cc34)nn12. The number of aromatic amines is 1. The molecule has 0 aliphatic rings. The highest BCUT2D eigenvalue weighted by atomic mass is 35.5. The van der Waals surface area contributed by atoms with Gasteiger partial charge in [0.1, 0.15) is 5.01 Å². The maximum Gasteiger partial charge on any atom is 0.275 e. The summed E-state index contributed by atoms with van der Waals surface area (Å²) >= 11 is 7.51. The summed E-state index contributed by atoms with van der Waals surface area (Å²) in [7, 11) is 0. The third-order valence-corrected chi connectivity index (χ3v) is 5.37. The third kappa shape index (κ3) is 2.42. The molecule has 0 radical (unpaired) electrons. The summed E-state index contributed by atoms with van der Waals surface area (Å²) in [5.41, 5.74) is 3.22. The zero-order chi connectivity index (χ0) is 17.7. The van der Waals surface area contributed by atoms with Crippen LogP contribution >= 0.6 is 22.9 Å². The van der Waals surface area contributed by atoms with Crippen molar-refractivity contribution in [1.29, 1.82) is 0 Å². The molecule has 26 heavy (non-hydrogen) atoms. The molecule has 0 fully saturated rings. The minimum atomic E-state index is -0.200. The number of halogens is 1. The summed E-state index contributed by atoms with van der Waals surface area (Å²) in [5.74, 6) is 0. The molecule has 5 rings (SSSR count). The van der Waals surface area contributed by atoms with E-state index >= 15 is 0 Å². The number of hydrogen-bond acceptors (Lipinski definition) is 4. The molecule has 5 nitrogen and oxygen atoms in total. The van der Waals surface area contributed by atoms with Gasteiger partial charge in [-0.15, -0.1) is 0 Å². The number of rotatable bonds is 2. The van der Waals surface area contributed by atoms with Crippen molar-refractivity contribution in [3.05, 3.63) is 76.2 Å². The van der Waals surface area contributed by atoms with Crippen molar-refractivity contribution in [2.75, 3.05) is 0 Å². The van der Waals surface area contributed by atoms with Gasteiger partial charge in [-0.3, -0.25) is 4.79 Å². The fourth-order valence-corrected chi connectivity index (χ4v) is 4.05. The summed E-state index contributed by atoms with van der Waals surface area (Å²) < 4.78 is 1.34. The molecule has 2 aromatic carbocycles. The molecule has 0 spiro atoms. The Kier molecular flexibility index (Phi) is 3.41. The first kappa shape index (κ1) is 15.3. The van der Waals surface area contributed by atoms with Crippen LogP contribution in [0.5, 0.6) is 0 Å². The van der Waals surface area contributed by atoms with Crippen LogP contribution in [-0.4, -0.2) is 19.6 Å². The number of hydrogen-bond donors (Lipinski definition) is 1. The molecule has 0 saturated heterocycles. The lowest BCUT2D eigenvalue weighted by atomic mass is 10.1. The predicted molar refractivity (Wildman–Crippen MR) is 105 cm³/mol. The van der Waals surface area contributed by atoms with Crippen molar-refractivity contribution >= 4 is 38.8 Å². The molecule has 0 saturated carbocycles. The van der Waals surface area contributed by atoms with Gasteiger partial charge >= 0.3 is 0 Å². The molecule has 3 aromatic heterocycles. The van der Waals surface area contributed by atoms with Gasteiger partial charge < -0.3 is 4.98 Å². The second kappa shape index (κ2) is 5.79. The monoisotopic (exact) mass is 378 g/mol. The third-order valence-electron chi connectivity index (χ3n) is 4.19. The molecule has 0 amide bonds. The quantitative estimate of drug-likeness (QED) is 0.487. The molecule has 3 heterocycles. The van der Waals surface area contributed by atoms with Crippen molar-refractivity contribution in [1.82, 2.24) is 19.6 Å². The van der Waals surface area contributed by atoms with E-state index in [9.17, 15) is 4.79 Å². The first-order valence-corrected chi connectivity index (χ1v) is 9.12. The summed E-state index contributed by atoms with van der Waals surface area (Å²) in [4.78, 5) is 20.9. The number of fused-ring (bicyclic) bond motifs is 2. The van der Waals surface area contributed by atoms with E-state index in [1.807, 2.05) is 54.7 Å². The Balaban J connectivity index is 1.72. The largest absolute Gasteiger partial charge is 0.360 e. The van der Waals surface area contributed by atoms with Crippen LogP contribution < -0.4 is 5.56 Å². The summed E-state index contributed by atoms with van der Waals surface area (Å²) in [6, 6.07) is 16.8. The average molecular weight is 379 g/mol. The Labute approximate surface area is 156 Å². The van der Waals surface area contributed by atoms with Crippen LogP contribution in [0, 0.1) is 0 Å². The van der Waals surface area contributed by atoms with Gasteiger partial charge in [-0.2, -0.15) is 9.61 Å². The van der Waals surface area contributed by atoms with Crippen LogP contribution in [0.3, 0.4) is 0 Å². The zero-order valence-electron chi connectivity index (χ0n) is 13.3. The number of nitrogens with one attached hydrogen (secondary N) is 1. The van der Waals surface area contributed by atoms with Crippen molar-refractivity contribution in [2.45, 2.75) is 0 Å². The lowest BCUT2D eigenvalue weighted by molar-refractivity contribution is 0.905. The molecule has 0 aliphatic carbocycles. The number of benzene rings is 2. The molecule has 7 heteroatoms. The van der Waals surface area contributed by atoms with Gasteiger partial charge in [0, 0.05) is 39.3 Å². The van der Waals surface area contributed by atoms with Crippen molar-refractivity contribution in [2.24, 2.45) is 0 Å². The van der Waals surface area contributed by atoms with Crippen LogP contribution in [0.15, 0.2) is 65.6 Å². The first-order valence-electron chi connectivity index (χ1n) is 7.92. The molecule has 5 aromatic rings. The minimum absolute atomic E-state index is 0.200. The summed E-state index contributed by atoms with van der Waals surface area (Å²) in [6.45, 7) is 0. The molecule has 1 N–H and O–H groups in total. The van der Waals surface area contributed by atoms with Crippen LogP contribution in [0.2, 0.25) is 5.02 Å². The Morgan fingerprint density at radius 3 is 2.77 bits per heavy atom. The van der Waals surface area contributed by atoms with Gasteiger partial charge in [-0.25, -0.2) is 4.98 Å². The van der Waals surface area contributed by atoms with E-state index in [2.05, 4.69) is 15.1 Å². The number of H-pyrrole nitrogens is 1. The Bertz CT molecular complexity index is 1320. The van der Waals surface area contributed by atoms with Gasteiger partial charge in [0.05, 0.1) is 5.69 Å². The van der Waals surface area contributed by atoms with Crippen LogP contribution in [0.1, 0.15) is 0 Å². The van der Waals surface area contributed by atoms with E-state index in [4.69, 9.17) is 11.6 Å². The standard InChI is InChI=1S/C19H11ClN4OS/c20-12-6-7-15-13(8-12)14(10-21-15)18-23-24-17(25)9-16(22-19(24)26-18)11-4-2-1-3-5-11/h1-10,21H. The highest BCUT2D eigenvalue weighted by Crippen LogP contribution is 2.33. The Morgan fingerprint density at radius 1 is 1.08 bits per heavy atom. The maximum atomic E-state index is 12.5. The maximum absolute atomic E-state index is 12.5. The number of nitrogens with zero attached hydrogens (tertiary/aromatic N) is 3. The molecular formula is C19H11ClN4OS. The van der Waals surface area contributed by atoms with Crippen LogP contribution in [-0.2, 0) is 0 Å². The second-order valence-electron chi connectivity index (χ2n) is 5.84. The first-order chi connectivity index (χ1) is 12.7. The number of aromatic nitrogens is 4. The average Bonchev–Trinajstić information content (AvgIpc) is 3.26. The smallest absolute Gasteiger partial charge is 0.275 e. The van der Waals surface area contributed by atoms with Crippen LogP contribution in [0.25, 0.3) is 37.7 Å². The van der Waals surface area contributed by atoms with Crippen LogP contribution in [0.4, 0.5) is 0 Å².